The number of carbonyl (C=O) groups is 3. The van der Waals surface area contributed by atoms with Crippen molar-refractivity contribution >= 4 is 34.1 Å². The summed E-state index contributed by atoms with van der Waals surface area (Å²) < 4.78 is 23.7. The van der Waals surface area contributed by atoms with E-state index in [1.807, 2.05) is 11.9 Å². The number of carbonyl (C=O) groups excluding carboxylic acids is 3. The quantitative estimate of drug-likeness (QED) is 0.143. The van der Waals surface area contributed by atoms with Gasteiger partial charge >= 0.3 is 11.8 Å². The topological polar surface area (TPSA) is 208 Å². The number of ether oxygens (including phenoxy) is 4. The molecule has 4 aliphatic heterocycles. The first-order chi connectivity index (χ1) is 27.2. The Morgan fingerprint density at radius 2 is 1.59 bits per heavy atom. The van der Waals surface area contributed by atoms with Crippen LogP contribution >= 0.6 is 0 Å². The molecule has 5 bridgehead atoms. The third kappa shape index (κ3) is 8.55. The number of benzene rings is 2. The van der Waals surface area contributed by atoms with Crippen LogP contribution in [0.1, 0.15) is 70.0 Å². The second-order valence-corrected chi connectivity index (χ2v) is 16.3. The summed E-state index contributed by atoms with van der Waals surface area (Å²) in [4.78, 5) is 44.7. The predicted octanol–water partition coefficient (Wildman–Crippen LogP) is 4.50. The Kier molecular flexibility index (Phi) is 13.5. The SMILES string of the molecule is CO[C@@H]1C=CO[C@]2(C)Oc3c(C)c(O)c4c(O)c(c(CN5CCN(C)CC5)c(O)c4c3C2=O)NC(=O)C(C)=CC=C[C@@H](C)[C@@H](O)[C@H](C)[C@@H](O)[C@H](C)[C@H](OC(C)=O)[C@@H]1C. The molecule has 2 aromatic carbocycles. The lowest BCUT2D eigenvalue weighted by atomic mass is 9.78. The standard InChI is InChI=1S/C43H59N3O12/c1-21-12-11-13-22(2)42(54)44-33-28(20-46-17-15-45(9)16-18-46)37(51)30-31(38(33)52)36(50)26(6)40-32(30)41(53)43(8,58-40)56-19-14-29(55-10)23(3)39(57-27(7)47)25(5)35(49)24(4)34(21)48/h11-14,19,21,23-25,29,34-35,39,48-52H,15-18,20H2,1-10H3,(H,44,54)/t21-,23-,24+,25+,29-,34-,35-,39-,43-/m1/s1. The van der Waals surface area contributed by atoms with Gasteiger partial charge < -0.3 is 54.7 Å². The van der Waals surface area contributed by atoms with Crippen molar-refractivity contribution < 1.29 is 58.9 Å². The molecule has 1 saturated heterocycles. The van der Waals surface area contributed by atoms with Crippen molar-refractivity contribution in [3.05, 3.63) is 52.8 Å². The average molecular weight is 810 g/mol. The summed E-state index contributed by atoms with van der Waals surface area (Å²) in [6.45, 7) is 15.4. The van der Waals surface area contributed by atoms with E-state index in [0.29, 0.717) is 13.1 Å². The van der Waals surface area contributed by atoms with Crippen molar-refractivity contribution in [1.82, 2.24) is 9.80 Å². The maximum Gasteiger partial charge on any atom is 0.312 e. The van der Waals surface area contributed by atoms with Crippen LogP contribution in [0.4, 0.5) is 5.69 Å². The normalized spacial score (nSPS) is 30.6. The van der Waals surface area contributed by atoms with E-state index in [1.54, 1.807) is 46.8 Å². The van der Waals surface area contributed by atoms with Gasteiger partial charge in [-0.15, -0.1) is 0 Å². The number of nitrogens with one attached hydrogen (secondary N) is 1. The Labute approximate surface area is 339 Å². The largest absolute Gasteiger partial charge is 0.507 e. The number of allylic oxidation sites excluding steroid dienone is 2. The molecule has 6 N–H and O–H groups in total. The number of aliphatic hydroxyl groups is 2. The smallest absolute Gasteiger partial charge is 0.312 e. The Hall–Kier alpha value is -4.67. The van der Waals surface area contributed by atoms with Gasteiger partial charge in [0.05, 0.1) is 41.2 Å². The maximum atomic E-state index is 14.4. The molecule has 1 amide bonds. The molecule has 4 heterocycles. The van der Waals surface area contributed by atoms with E-state index in [-0.39, 0.29) is 51.0 Å². The number of nitrogens with zero attached hydrogens (tertiary/aromatic N) is 2. The number of esters is 1. The number of fused-ring (bicyclic) bond motifs is 14. The van der Waals surface area contributed by atoms with Crippen LogP contribution in [0.3, 0.4) is 0 Å². The van der Waals surface area contributed by atoms with E-state index >= 15 is 0 Å². The molecule has 318 valence electrons. The first kappa shape index (κ1) is 44.4. The summed E-state index contributed by atoms with van der Waals surface area (Å²) >= 11 is 0. The number of hydrogen-bond donors (Lipinski definition) is 6. The molecule has 4 aliphatic rings. The second kappa shape index (κ2) is 17.7. The fourth-order valence-corrected chi connectivity index (χ4v) is 8.17. The summed E-state index contributed by atoms with van der Waals surface area (Å²) in [5, 5.41) is 60.9. The summed E-state index contributed by atoms with van der Waals surface area (Å²) in [5.74, 6) is -7.86. The molecule has 0 aromatic heterocycles. The Morgan fingerprint density at radius 3 is 2.21 bits per heavy atom. The maximum absolute atomic E-state index is 14.4. The highest BCUT2D eigenvalue weighted by atomic mass is 16.7. The number of likely N-dealkylation sites (N-methyl/N-ethyl adjacent to an activating group) is 1. The van der Waals surface area contributed by atoms with Crippen LogP contribution in [0.5, 0.6) is 23.0 Å². The number of phenolic OH excluding ortho intramolecular Hbond substituents is 3. The zero-order valence-corrected chi connectivity index (χ0v) is 35.0. The average Bonchev–Trinajstić information content (AvgIpc) is 3.45. The zero-order valence-electron chi connectivity index (χ0n) is 35.0. The first-order valence-corrected chi connectivity index (χ1v) is 19.7. The fraction of sp³-hybridized carbons (Fsp3) is 0.558. The molecule has 0 saturated carbocycles. The number of aliphatic hydroxyl groups excluding tert-OH is 2. The van der Waals surface area contributed by atoms with Crippen molar-refractivity contribution in [3.63, 3.8) is 0 Å². The molecule has 0 unspecified atom stereocenters. The van der Waals surface area contributed by atoms with Gasteiger partial charge in [-0.1, -0.05) is 45.9 Å². The lowest BCUT2D eigenvalue weighted by Gasteiger charge is -2.38. The highest BCUT2D eigenvalue weighted by Gasteiger charge is 2.50. The molecule has 0 radical (unpaired) electrons. The van der Waals surface area contributed by atoms with Crippen molar-refractivity contribution in [3.8, 4) is 23.0 Å². The molecular formula is C43H59N3O12. The van der Waals surface area contributed by atoms with Crippen LogP contribution < -0.4 is 10.1 Å². The third-order valence-corrected chi connectivity index (χ3v) is 12.1. The van der Waals surface area contributed by atoms with Crippen molar-refractivity contribution in [2.75, 3.05) is 45.7 Å². The third-order valence-electron chi connectivity index (χ3n) is 12.1. The minimum Gasteiger partial charge on any atom is -0.507 e. The second-order valence-electron chi connectivity index (χ2n) is 16.3. The molecular weight excluding hydrogens is 750 g/mol. The summed E-state index contributed by atoms with van der Waals surface area (Å²) in [6.07, 6.45) is 3.73. The minimum absolute atomic E-state index is 0.0565. The van der Waals surface area contributed by atoms with Gasteiger partial charge in [-0.05, 0) is 27.0 Å². The fourth-order valence-electron chi connectivity index (χ4n) is 8.17. The van der Waals surface area contributed by atoms with Gasteiger partial charge in [0.1, 0.15) is 23.4 Å². The number of aromatic hydroxyl groups is 3. The Morgan fingerprint density at radius 1 is 0.931 bits per heavy atom. The van der Waals surface area contributed by atoms with Crippen LogP contribution in [0.2, 0.25) is 0 Å². The highest BCUT2D eigenvalue weighted by Crippen LogP contribution is 2.55. The highest BCUT2D eigenvalue weighted by molar-refractivity contribution is 6.22. The number of ketones is 1. The molecule has 0 spiro atoms. The van der Waals surface area contributed by atoms with Crippen LogP contribution in [-0.2, 0) is 30.3 Å². The first-order valence-electron chi connectivity index (χ1n) is 19.7. The lowest BCUT2D eigenvalue weighted by Crippen LogP contribution is -2.46. The molecule has 2 aromatic rings. The number of phenols is 3. The van der Waals surface area contributed by atoms with Crippen LogP contribution in [0.15, 0.2) is 36.1 Å². The van der Waals surface area contributed by atoms with Gasteiger partial charge in [0, 0.05) is 99.4 Å². The van der Waals surface area contributed by atoms with Crippen LogP contribution in [-0.4, -0.2) is 124 Å². The van der Waals surface area contributed by atoms with Gasteiger partial charge in [0.25, 0.3) is 11.7 Å². The van der Waals surface area contributed by atoms with Gasteiger partial charge in [-0.3, -0.25) is 19.3 Å². The Balaban J connectivity index is 1.70. The van der Waals surface area contributed by atoms with E-state index in [9.17, 15) is 39.9 Å². The number of rotatable bonds is 4. The van der Waals surface area contributed by atoms with E-state index < -0.39 is 88.8 Å². The van der Waals surface area contributed by atoms with E-state index in [1.165, 1.54) is 46.3 Å². The number of amides is 1. The van der Waals surface area contributed by atoms with Crippen molar-refractivity contribution in [2.45, 2.75) is 92.1 Å². The monoisotopic (exact) mass is 809 g/mol. The predicted molar refractivity (Wildman–Crippen MR) is 217 cm³/mol. The summed E-state index contributed by atoms with van der Waals surface area (Å²) in [5.41, 5.74) is 0.176. The van der Waals surface area contributed by atoms with Gasteiger partial charge in [-0.2, -0.15) is 0 Å². The molecule has 9 atom stereocenters. The number of piperazine rings is 1. The molecule has 15 heteroatoms. The van der Waals surface area contributed by atoms with Crippen LogP contribution in [0, 0.1) is 30.6 Å². The number of anilines is 1. The van der Waals surface area contributed by atoms with Gasteiger partial charge in [0.15, 0.2) is 5.75 Å². The lowest BCUT2D eigenvalue weighted by molar-refractivity contribution is -0.160. The zero-order chi connectivity index (χ0) is 43.0. The van der Waals surface area contributed by atoms with Crippen molar-refractivity contribution in [2.24, 2.45) is 23.7 Å². The Bertz CT molecular complexity index is 2000. The van der Waals surface area contributed by atoms with E-state index in [4.69, 9.17) is 18.9 Å². The van der Waals surface area contributed by atoms with E-state index in [0.717, 1.165) is 13.1 Å². The molecule has 15 nitrogen and oxygen atoms in total. The molecule has 1 fully saturated rings. The van der Waals surface area contributed by atoms with Gasteiger partial charge in [-0.25, -0.2) is 0 Å². The molecule has 58 heavy (non-hydrogen) atoms. The number of hydrogen-bond acceptors (Lipinski definition) is 14. The van der Waals surface area contributed by atoms with Crippen LogP contribution in [0.25, 0.3) is 10.8 Å². The summed E-state index contributed by atoms with van der Waals surface area (Å²) in [7, 11) is 3.44. The molecule has 0 aliphatic carbocycles. The van der Waals surface area contributed by atoms with E-state index in [2.05, 4.69) is 10.2 Å². The number of Topliss-reactive ketones (excluding diaryl/α,β-unsaturated/α-hetero) is 1. The molecule has 6 rings (SSSR count). The van der Waals surface area contributed by atoms with Gasteiger partial charge in [0.2, 0.25) is 0 Å². The van der Waals surface area contributed by atoms with Crippen molar-refractivity contribution in [1.29, 1.82) is 0 Å². The number of methoxy groups -OCH3 is 1. The minimum atomic E-state index is -2.01. The summed E-state index contributed by atoms with van der Waals surface area (Å²) in [6, 6.07) is 0.